The Morgan fingerprint density at radius 2 is 1.93 bits per heavy atom. The molecule has 0 radical (unpaired) electrons. The summed E-state index contributed by atoms with van der Waals surface area (Å²) in [4.78, 5) is 12.3. The predicted molar refractivity (Wildman–Crippen MR) is 98.0 cm³/mol. The van der Waals surface area contributed by atoms with Gasteiger partial charge in [-0.3, -0.25) is 0 Å². The highest BCUT2D eigenvalue weighted by molar-refractivity contribution is 7.89. The van der Waals surface area contributed by atoms with Crippen LogP contribution < -0.4 is 0 Å². The Hall–Kier alpha value is -2.42. The summed E-state index contributed by atoms with van der Waals surface area (Å²) < 4.78 is 37.2. The number of nitrogens with zero attached hydrogens (tertiary/aromatic N) is 1. The van der Waals surface area contributed by atoms with E-state index in [-0.39, 0.29) is 22.8 Å². The third-order valence-corrected chi connectivity index (χ3v) is 6.22. The van der Waals surface area contributed by atoms with E-state index in [1.165, 1.54) is 22.5 Å². The van der Waals surface area contributed by atoms with Crippen LogP contribution in [0, 0.1) is 6.92 Å². The number of aryl methyl sites for hydroxylation is 1. The summed E-state index contributed by atoms with van der Waals surface area (Å²) in [6.07, 6.45) is 0. The molecule has 1 heterocycles. The normalized spacial score (nSPS) is 15.4. The Balaban J connectivity index is 1.70. The zero-order valence-electron chi connectivity index (χ0n) is 14.9. The number of morpholine rings is 1. The van der Waals surface area contributed by atoms with Gasteiger partial charge in [0.25, 0.3) is 0 Å². The molecule has 2 aromatic rings. The maximum Gasteiger partial charge on any atom is 0.338 e. The summed E-state index contributed by atoms with van der Waals surface area (Å²) in [5.74, 6) is -0.574. The standard InChI is InChI=1S/C19H21NO6S/c1-14-5-6-16(12-18(14)21)19(22)26-13-15-3-2-4-17(11-15)27(23,24)20-7-9-25-10-8-20/h2-6,11-12,21H,7-10,13H2,1H3. The number of sulfonamides is 1. The van der Waals surface area contributed by atoms with Gasteiger partial charge in [-0.15, -0.1) is 0 Å². The highest BCUT2D eigenvalue weighted by Gasteiger charge is 2.26. The molecular weight excluding hydrogens is 370 g/mol. The molecule has 0 aliphatic carbocycles. The molecule has 144 valence electrons. The number of carbonyl (C=O) groups excluding carboxylic acids is 1. The number of carbonyl (C=O) groups is 1. The summed E-state index contributed by atoms with van der Waals surface area (Å²) in [5.41, 5.74) is 1.46. The van der Waals surface area contributed by atoms with Gasteiger partial charge < -0.3 is 14.6 Å². The number of phenolic OH excluding ortho intramolecular Hbond substituents is 1. The van der Waals surface area contributed by atoms with Gasteiger partial charge in [0.05, 0.1) is 23.7 Å². The van der Waals surface area contributed by atoms with Crippen molar-refractivity contribution in [2.45, 2.75) is 18.4 Å². The zero-order valence-corrected chi connectivity index (χ0v) is 15.7. The molecule has 1 N–H and O–H groups in total. The van der Waals surface area contributed by atoms with Crippen LogP contribution in [-0.4, -0.2) is 50.1 Å². The molecule has 0 atom stereocenters. The van der Waals surface area contributed by atoms with Crippen LogP contribution in [-0.2, 0) is 26.1 Å². The monoisotopic (exact) mass is 391 g/mol. The van der Waals surface area contributed by atoms with Gasteiger partial charge in [-0.25, -0.2) is 13.2 Å². The summed E-state index contributed by atoms with van der Waals surface area (Å²) in [5, 5.41) is 9.70. The van der Waals surface area contributed by atoms with Gasteiger partial charge in [0, 0.05) is 13.1 Å². The van der Waals surface area contributed by atoms with Crippen LogP contribution in [0.25, 0.3) is 0 Å². The van der Waals surface area contributed by atoms with E-state index in [2.05, 4.69) is 0 Å². The summed E-state index contributed by atoms with van der Waals surface area (Å²) in [6.45, 7) is 3.04. The minimum absolute atomic E-state index is 0.0167. The van der Waals surface area contributed by atoms with Gasteiger partial charge in [-0.2, -0.15) is 4.31 Å². The van der Waals surface area contributed by atoms with Crippen LogP contribution in [0.2, 0.25) is 0 Å². The van der Waals surface area contributed by atoms with Crippen molar-refractivity contribution in [1.29, 1.82) is 0 Å². The minimum atomic E-state index is -3.61. The SMILES string of the molecule is Cc1ccc(C(=O)OCc2cccc(S(=O)(=O)N3CCOCC3)c2)cc1O. The second kappa shape index (κ2) is 8.08. The third kappa shape index (κ3) is 4.47. The molecule has 7 nitrogen and oxygen atoms in total. The van der Waals surface area contributed by atoms with Crippen LogP contribution in [0.5, 0.6) is 5.75 Å². The molecule has 1 aliphatic rings. The van der Waals surface area contributed by atoms with Crippen LogP contribution in [0.15, 0.2) is 47.4 Å². The zero-order chi connectivity index (χ0) is 19.4. The number of phenols is 1. The molecule has 27 heavy (non-hydrogen) atoms. The Kier molecular flexibility index (Phi) is 5.79. The Morgan fingerprint density at radius 3 is 2.63 bits per heavy atom. The summed E-state index contributed by atoms with van der Waals surface area (Å²) >= 11 is 0. The van der Waals surface area contributed by atoms with E-state index in [1.807, 2.05) is 0 Å². The third-order valence-electron chi connectivity index (χ3n) is 4.32. The van der Waals surface area contributed by atoms with E-state index in [4.69, 9.17) is 9.47 Å². The average molecular weight is 391 g/mol. The van der Waals surface area contributed by atoms with Crippen LogP contribution in [0.3, 0.4) is 0 Å². The van der Waals surface area contributed by atoms with Crippen LogP contribution >= 0.6 is 0 Å². The topological polar surface area (TPSA) is 93.1 Å². The number of benzene rings is 2. The van der Waals surface area contributed by atoms with Gasteiger partial charge in [0.2, 0.25) is 10.0 Å². The van der Waals surface area contributed by atoms with E-state index >= 15 is 0 Å². The number of hydrogen-bond donors (Lipinski definition) is 1. The van der Waals surface area contributed by atoms with Crippen LogP contribution in [0.4, 0.5) is 0 Å². The van der Waals surface area contributed by atoms with Crippen LogP contribution in [0.1, 0.15) is 21.5 Å². The number of aromatic hydroxyl groups is 1. The first kappa shape index (κ1) is 19.3. The smallest absolute Gasteiger partial charge is 0.338 e. The number of esters is 1. The maximum atomic E-state index is 12.7. The van der Waals surface area contributed by atoms with Crippen molar-refractivity contribution in [3.63, 3.8) is 0 Å². The lowest BCUT2D eigenvalue weighted by molar-refractivity contribution is 0.0472. The summed E-state index contributed by atoms with van der Waals surface area (Å²) in [7, 11) is -3.61. The number of hydrogen-bond acceptors (Lipinski definition) is 6. The quantitative estimate of drug-likeness (QED) is 0.785. The fraction of sp³-hybridized carbons (Fsp3) is 0.316. The van der Waals surface area contributed by atoms with Gasteiger partial charge >= 0.3 is 5.97 Å². The van der Waals surface area contributed by atoms with Crippen molar-refractivity contribution in [2.75, 3.05) is 26.3 Å². The van der Waals surface area contributed by atoms with E-state index in [0.717, 1.165) is 0 Å². The Bertz CT molecular complexity index is 935. The average Bonchev–Trinajstić information content (AvgIpc) is 2.69. The van der Waals surface area contributed by atoms with Gasteiger partial charge in [-0.05, 0) is 42.3 Å². The molecule has 0 bridgehead atoms. The first-order valence-corrected chi connectivity index (χ1v) is 9.95. The Morgan fingerprint density at radius 1 is 1.19 bits per heavy atom. The fourth-order valence-corrected chi connectivity index (χ4v) is 4.18. The lowest BCUT2D eigenvalue weighted by atomic mass is 10.1. The molecule has 0 unspecified atom stereocenters. The maximum absolute atomic E-state index is 12.7. The van der Waals surface area contributed by atoms with Crippen molar-refractivity contribution in [3.8, 4) is 5.75 Å². The fourth-order valence-electron chi connectivity index (χ4n) is 2.70. The minimum Gasteiger partial charge on any atom is -0.508 e. The van der Waals surface area contributed by atoms with E-state index < -0.39 is 16.0 Å². The van der Waals surface area contributed by atoms with Crippen molar-refractivity contribution < 1.29 is 27.8 Å². The van der Waals surface area contributed by atoms with Crippen molar-refractivity contribution in [1.82, 2.24) is 4.31 Å². The number of rotatable bonds is 5. The van der Waals surface area contributed by atoms with Crippen molar-refractivity contribution in [2.24, 2.45) is 0 Å². The molecule has 1 fully saturated rings. The van der Waals surface area contributed by atoms with Crippen molar-refractivity contribution >= 4 is 16.0 Å². The predicted octanol–water partition coefficient (Wildman–Crippen LogP) is 2.08. The first-order valence-electron chi connectivity index (χ1n) is 8.51. The highest BCUT2D eigenvalue weighted by atomic mass is 32.2. The number of ether oxygens (including phenoxy) is 2. The highest BCUT2D eigenvalue weighted by Crippen LogP contribution is 2.20. The Labute approximate surface area is 158 Å². The molecule has 0 aromatic heterocycles. The lowest BCUT2D eigenvalue weighted by Crippen LogP contribution is -2.40. The molecule has 0 amide bonds. The lowest BCUT2D eigenvalue weighted by Gasteiger charge is -2.26. The van der Waals surface area contributed by atoms with Gasteiger partial charge in [0.1, 0.15) is 12.4 Å². The van der Waals surface area contributed by atoms with Gasteiger partial charge in [0.15, 0.2) is 0 Å². The largest absolute Gasteiger partial charge is 0.508 e. The van der Waals surface area contributed by atoms with E-state index in [0.29, 0.717) is 37.4 Å². The molecule has 0 saturated carbocycles. The molecule has 8 heteroatoms. The molecular formula is C19H21NO6S. The summed E-state index contributed by atoms with van der Waals surface area (Å²) in [6, 6.07) is 10.9. The molecule has 2 aromatic carbocycles. The van der Waals surface area contributed by atoms with E-state index in [9.17, 15) is 18.3 Å². The molecule has 3 rings (SSSR count). The second-order valence-electron chi connectivity index (χ2n) is 6.24. The second-order valence-corrected chi connectivity index (χ2v) is 8.18. The molecule has 1 saturated heterocycles. The molecule has 1 aliphatic heterocycles. The van der Waals surface area contributed by atoms with Gasteiger partial charge in [-0.1, -0.05) is 18.2 Å². The van der Waals surface area contributed by atoms with Crippen molar-refractivity contribution in [3.05, 3.63) is 59.2 Å². The van der Waals surface area contributed by atoms with E-state index in [1.54, 1.807) is 31.2 Å². The first-order chi connectivity index (χ1) is 12.9. The molecule has 0 spiro atoms.